The maximum Gasteiger partial charge on any atom is 0.446 e. The van der Waals surface area contributed by atoms with E-state index in [1.54, 1.807) is 31.2 Å². The second kappa shape index (κ2) is 12.6. The molecule has 218 valence electrons. The van der Waals surface area contributed by atoms with E-state index in [2.05, 4.69) is 42.7 Å². The largest absolute Gasteiger partial charge is 0.446 e. The van der Waals surface area contributed by atoms with Gasteiger partial charge in [-0.2, -0.15) is 13.2 Å². The van der Waals surface area contributed by atoms with Crippen molar-refractivity contribution in [3.63, 3.8) is 0 Å². The Labute approximate surface area is 240 Å². The van der Waals surface area contributed by atoms with Crippen LogP contribution in [0.1, 0.15) is 64.1 Å². The van der Waals surface area contributed by atoms with Crippen molar-refractivity contribution < 1.29 is 22.8 Å². The molecule has 2 aromatic carbocycles. The topological polar surface area (TPSA) is 43.9 Å². The van der Waals surface area contributed by atoms with E-state index in [0.717, 1.165) is 24.0 Å². The van der Waals surface area contributed by atoms with Crippen molar-refractivity contribution in [2.75, 3.05) is 32.7 Å². The lowest BCUT2D eigenvalue weighted by Gasteiger charge is -2.50. The quantitative estimate of drug-likeness (QED) is 0.365. The number of thioether (sulfide) groups is 1. The Morgan fingerprint density at radius 2 is 1.50 bits per heavy atom. The normalized spacial score (nSPS) is 20.4. The van der Waals surface area contributed by atoms with Crippen molar-refractivity contribution >= 4 is 23.6 Å². The van der Waals surface area contributed by atoms with Crippen molar-refractivity contribution in [1.29, 1.82) is 0 Å². The smallest absolute Gasteiger partial charge is 0.343 e. The predicted molar refractivity (Wildman–Crippen MR) is 153 cm³/mol. The molecule has 2 aliphatic rings. The van der Waals surface area contributed by atoms with Gasteiger partial charge in [0, 0.05) is 57.0 Å². The molecular weight excluding hydrogens is 535 g/mol. The van der Waals surface area contributed by atoms with Gasteiger partial charge in [-0.1, -0.05) is 63.2 Å². The van der Waals surface area contributed by atoms with Gasteiger partial charge in [0.15, 0.2) is 0 Å². The van der Waals surface area contributed by atoms with E-state index in [1.807, 2.05) is 23.1 Å². The fourth-order valence-corrected chi connectivity index (χ4v) is 6.54. The van der Waals surface area contributed by atoms with E-state index in [1.165, 1.54) is 0 Å². The summed E-state index contributed by atoms with van der Waals surface area (Å²) in [5.74, 6) is 0.549. The summed E-state index contributed by atoms with van der Waals surface area (Å²) >= 11 is -0.102. The molecule has 2 amide bonds. The highest BCUT2D eigenvalue weighted by Gasteiger charge is 2.41. The van der Waals surface area contributed by atoms with Crippen LogP contribution in [0.25, 0.3) is 0 Å². The van der Waals surface area contributed by atoms with Crippen molar-refractivity contribution in [1.82, 2.24) is 14.7 Å². The number of piperazine rings is 1. The van der Waals surface area contributed by atoms with Crippen LogP contribution in [0, 0.1) is 11.3 Å². The lowest BCUT2D eigenvalue weighted by molar-refractivity contribution is -0.141. The number of halogens is 3. The van der Waals surface area contributed by atoms with Crippen LogP contribution in [0.3, 0.4) is 0 Å². The van der Waals surface area contributed by atoms with Crippen molar-refractivity contribution in [3.8, 4) is 0 Å². The Bertz CT molecular complexity index is 1140. The molecular formula is C31H40F3N3O2S. The zero-order valence-electron chi connectivity index (χ0n) is 23.8. The lowest BCUT2D eigenvalue weighted by Crippen LogP contribution is -2.60. The molecule has 2 fully saturated rings. The highest BCUT2D eigenvalue weighted by molar-refractivity contribution is 8.00. The Morgan fingerprint density at radius 3 is 2.05 bits per heavy atom. The van der Waals surface area contributed by atoms with Crippen LogP contribution in [0.4, 0.5) is 13.2 Å². The first-order valence-corrected chi connectivity index (χ1v) is 14.8. The Hall–Kier alpha value is -2.52. The van der Waals surface area contributed by atoms with Gasteiger partial charge in [-0.15, -0.1) is 0 Å². The average molecular weight is 576 g/mol. The summed E-state index contributed by atoms with van der Waals surface area (Å²) in [6.07, 6.45) is 2.20. The number of piperidine rings is 1. The third kappa shape index (κ3) is 7.81. The predicted octanol–water partition coefficient (Wildman–Crippen LogP) is 6.60. The fraction of sp³-hybridized carbons (Fsp3) is 0.548. The van der Waals surface area contributed by atoms with Crippen LogP contribution in [0.5, 0.6) is 0 Å². The Kier molecular flexibility index (Phi) is 9.55. The number of rotatable bonds is 6. The molecule has 1 unspecified atom stereocenters. The first kappa shape index (κ1) is 30.4. The zero-order valence-corrected chi connectivity index (χ0v) is 24.6. The molecule has 0 spiro atoms. The molecule has 0 N–H and O–H groups in total. The molecule has 0 saturated carbocycles. The van der Waals surface area contributed by atoms with Crippen LogP contribution in [-0.4, -0.2) is 70.8 Å². The van der Waals surface area contributed by atoms with Crippen LogP contribution in [-0.2, 0) is 9.59 Å². The fourth-order valence-electron chi connectivity index (χ4n) is 6.00. The molecule has 5 nitrogen and oxygen atoms in total. The van der Waals surface area contributed by atoms with E-state index in [0.29, 0.717) is 39.1 Å². The van der Waals surface area contributed by atoms with Gasteiger partial charge in [-0.25, -0.2) is 0 Å². The maximum atomic E-state index is 13.6. The molecule has 2 atom stereocenters. The van der Waals surface area contributed by atoms with Gasteiger partial charge in [0.2, 0.25) is 11.8 Å². The summed E-state index contributed by atoms with van der Waals surface area (Å²) in [7, 11) is 0. The van der Waals surface area contributed by atoms with E-state index >= 15 is 0 Å². The van der Waals surface area contributed by atoms with Crippen LogP contribution in [0.15, 0.2) is 59.5 Å². The number of carbonyl (C=O) groups excluding carboxylic acids is 2. The maximum absolute atomic E-state index is 13.6. The molecule has 2 saturated heterocycles. The van der Waals surface area contributed by atoms with Gasteiger partial charge < -0.3 is 9.80 Å². The second-order valence-corrected chi connectivity index (χ2v) is 13.2. The molecule has 0 radical (unpaired) electrons. The zero-order chi connectivity index (χ0) is 29.1. The van der Waals surface area contributed by atoms with Gasteiger partial charge in [0.25, 0.3) is 0 Å². The first-order valence-electron chi connectivity index (χ1n) is 14.0. The summed E-state index contributed by atoms with van der Waals surface area (Å²) in [6.45, 7) is 11.4. The standard InChI is InChI=1S/C31H40F3N3O2S/c1-22(38)35-16-14-23(15-17-35)20-28(39)37-19-18-36(21-27(37)30(2,3)4)29(24-8-6-5-7-9-24)25-10-12-26(13-11-25)40-31(32,33)34/h5-13,23,27,29H,14-21H2,1-4H3/t27-,29?/m1/s1. The molecule has 2 aliphatic heterocycles. The van der Waals surface area contributed by atoms with Crippen molar-refractivity contribution in [2.24, 2.45) is 11.3 Å². The monoisotopic (exact) mass is 575 g/mol. The minimum Gasteiger partial charge on any atom is -0.343 e. The molecule has 2 aromatic rings. The van der Waals surface area contributed by atoms with E-state index in [9.17, 15) is 22.8 Å². The number of alkyl halides is 3. The number of hydrogen-bond donors (Lipinski definition) is 0. The summed E-state index contributed by atoms with van der Waals surface area (Å²) < 4.78 is 38.8. The van der Waals surface area contributed by atoms with E-state index < -0.39 is 5.51 Å². The number of benzene rings is 2. The van der Waals surface area contributed by atoms with Gasteiger partial charge >= 0.3 is 5.51 Å². The minimum atomic E-state index is -4.33. The summed E-state index contributed by atoms with van der Waals surface area (Å²) in [6, 6.07) is 16.6. The van der Waals surface area contributed by atoms with Crippen molar-refractivity contribution in [2.45, 2.75) is 69.4 Å². The third-order valence-corrected chi connectivity index (χ3v) is 8.90. The van der Waals surface area contributed by atoms with Gasteiger partial charge in [0.1, 0.15) is 0 Å². The summed E-state index contributed by atoms with van der Waals surface area (Å²) in [5.41, 5.74) is -2.49. The Morgan fingerprint density at radius 1 is 0.900 bits per heavy atom. The first-order chi connectivity index (χ1) is 18.8. The summed E-state index contributed by atoms with van der Waals surface area (Å²) in [5, 5.41) is 0. The Balaban J connectivity index is 1.53. The molecule has 9 heteroatoms. The molecule has 40 heavy (non-hydrogen) atoms. The van der Waals surface area contributed by atoms with Gasteiger partial charge in [-0.05, 0) is 59.2 Å². The van der Waals surface area contributed by atoms with Crippen LogP contribution in [0.2, 0.25) is 0 Å². The van der Waals surface area contributed by atoms with E-state index in [-0.39, 0.29) is 51.9 Å². The average Bonchev–Trinajstić information content (AvgIpc) is 2.89. The lowest BCUT2D eigenvalue weighted by atomic mass is 9.82. The molecule has 2 heterocycles. The van der Waals surface area contributed by atoms with Crippen molar-refractivity contribution in [3.05, 3.63) is 65.7 Å². The second-order valence-electron chi connectivity index (χ2n) is 12.0. The SMILES string of the molecule is CC(=O)N1CCC(CC(=O)N2CCN(C(c3ccccc3)c3ccc(SC(F)(F)F)cc3)C[C@@H]2C(C)(C)C)CC1. The number of carbonyl (C=O) groups is 2. The van der Waals surface area contributed by atoms with E-state index in [4.69, 9.17) is 0 Å². The van der Waals surface area contributed by atoms with Gasteiger partial charge in [0.05, 0.1) is 6.04 Å². The number of amides is 2. The third-order valence-electron chi connectivity index (χ3n) is 8.16. The molecule has 4 rings (SSSR count). The number of nitrogens with zero attached hydrogens (tertiary/aromatic N) is 3. The summed E-state index contributed by atoms with van der Waals surface area (Å²) in [4.78, 5) is 31.8. The molecule has 0 aromatic heterocycles. The number of likely N-dealkylation sites (tertiary alicyclic amines) is 1. The number of hydrogen-bond acceptors (Lipinski definition) is 4. The van der Waals surface area contributed by atoms with Crippen LogP contribution < -0.4 is 0 Å². The minimum absolute atomic E-state index is 0.0164. The van der Waals surface area contributed by atoms with Gasteiger partial charge in [-0.3, -0.25) is 14.5 Å². The highest BCUT2D eigenvalue weighted by Crippen LogP contribution is 2.39. The molecule has 0 aliphatic carbocycles. The molecule has 0 bridgehead atoms. The van der Waals surface area contributed by atoms with Crippen LogP contribution >= 0.6 is 11.8 Å². The highest BCUT2D eigenvalue weighted by atomic mass is 32.2.